The fourth-order valence-electron chi connectivity index (χ4n) is 2.18. The Morgan fingerprint density at radius 2 is 1.58 bits per heavy atom. The van der Waals surface area contributed by atoms with Crippen LogP contribution in [0, 0.1) is 0 Å². The topological polar surface area (TPSA) is 92.3 Å². The van der Waals surface area contributed by atoms with Gasteiger partial charge in [-0.2, -0.15) is 0 Å². The third-order valence-electron chi connectivity index (χ3n) is 3.65. The molecule has 1 aliphatic rings. The number of hydrogen-bond donors (Lipinski definition) is 2. The van der Waals surface area contributed by atoms with Gasteiger partial charge in [0.05, 0.1) is 15.8 Å². The molecular formula is C15H18N2O4S3. The van der Waals surface area contributed by atoms with Crippen molar-refractivity contribution in [1.82, 2.24) is 9.44 Å². The van der Waals surface area contributed by atoms with E-state index in [1.54, 1.807) is 6.92 Å². The molecule has 130 valence electrons. The highest BCUT2D eigenvalue weighted by Gasteiger charge is 2.28. The fourth-order valence-corrected chi connectivity index (χ4v) is 5.52. The first kappa shape index (κ1) is 17.6. The first-order chi connectivity index (χ1) is 11.3. The van der Waals surface area contributed by atoms with Crippen LogP contribution in [0.15, 0.2) is 51.6 Å². The molecule has 1 saturated carbocycles. The predicted octanol–water partition coefficient (Wildman–Crippen LogP) is 2.23. The van der Waals surface area contributed by atoms with Gasteiger partial charge in [0.15, 0.2) is 0 Å². The minimum absolute atomic E-state index is 0.00622. The second-order valence-corrected chi connectivity index (χ2v) is 10.1. The molecule has 1 aliphatic carbocycles. The van der Waals surface area contributed by atoms with Gasteiger partial charge in [0, 0.05) is 10.9 Å². The summed E-state index contributed by atoms with van der Waals surface area (Å²) >= 11 is 1.47. The van der Waals surface area contributed by atoms with Gasteiger partial charge >= 0.3 is 0 Å². The third-order valence-corrected chi connectivity index (χ3v) is 7.79. The Labute approximate surface area is 146 Å². The van der Waals surface area contributed by atoms with Crippen molar-refractivity contribution < 1.29 is 16.8 Å². The highest BCUT2D eigenvalue weighted by Crippen LogP contribution is 2.24. The van der Waals surface area contributed by atoms with Crippen LogP contribution in [-0.2, 0) is 20.0 Å². The van der Waals surface area contributed by atoms with E-state index in [0.717, 1.165) is 17.7 Å². The van der Waals surface area contributed by atoms with Crippen LogP contribution in [0.2, 0.25) is 0 Å². The lowest BCUT2D eigenvalue weighted by atomic mass is 10.3. The highest BCUT2D eigenvalue weighted by atomic mass is 32.2. The lowest BCUT2D eigenvalue weighted by Gasteiger charge is -2.13. The van der Waals surface area contributed by atoms with Crippen molar-refractivity contribution in [2.45, 2.75) is 41.6 Å². The minimum atomic E-state index is -3.72. The van der Waals surface area contributed by atoms with Crippen molar-refractivity contribution in [2.24, 2.45) is 0 Å². The average molecular weight is 387 g/mol. The average Bonchev–Trinajstić information content (AvgIpc) is 3.15. The monoisotopic (exact) mass is 386 g/mol. The molecule has 0 unspecified atom stereocenters. The van der Waals surface area contributed by atoms with Crippen molar-refractivity contribution in [3.8, 4) is 0 Å². The minimum Gasteiger partial charge on any atom is -0.208 e. The Balaban J connectivity index is 1.76. The summed E-state index contributed by atoms with van der Waals surface area (Å²) in [5.74, 6) is 0. The summed E-state index contributed by atoms with van der Waals surface area (Å²) in [6, 6.07) is 8.62. The Kier molecular flexibility index (Phi) is 4.80. The lowest BCUT2D eigenvalue weighted by molar-refractivity contribution is 0.567. The molecule has 0 aliphatic heterocycles. The van der Waals surface area contributed by atoms with E-state index in [2.05, 4.69) is 9.44 Å². The summed E-state index contributed by atoms with van der Waals surface area (Å²) in [4.78, 5) is 1.02. The van der Waals surface area contributed by atoms with Gasteiger partial charge in [0.1, 0.15) is 0 Å². The molecule has 1 heterocycles. The normalized spacial score (nSPS) is 16.9. The molecule has 9 heteroatoms. The van der Waals surface area contributed by atoms with Crippen LogP contribution in [0.5, 0.6) is 0 Å². The van der Waals surface area contributed by atoms with Crippen LogP contribution >= 0.6 is 11.3 Å². The summed E-state index contributed by atoms with van der Waals surface area (Å²) in [6.45, 7) is 1.77. The van der Waals surface area contributed by atoms with Crippen molar-refractivity contribution in [3.05, 3.63) is 46.7 Å². The Bertz CT molecular complexity index is 900. The highest BCUT2D eigenvalue weighted by molar-refractivity contribution is 7.90. The molecule has 0 spiro atoms. The zero-order chi connectivity index (χ0) is 17.4. The molecular weight excluding hydrogens is 368 g/mol. The van der Waals surface area contributed by atoms with Crippen LogP contribution in [-0.4, -0.2) is 22.9 Å². The molecule has 1 fully saturated rings. The maximum atomic E-state index is 12.4. The van der Waals surface area contributed by atoms with Crippen LogP contribution < -0.4 is 9.44 Å². The van der Waals surface area contributed by atoms with Crippen molar-refractivity contribution in [3.63, 3.8) is 0 Å². The molecule has 3 rings (SSSR count). The zero-order valence-electron chi connectivity index (χ0n) is 13.0. The number of hydrogen-bond acceptors (Lipinski definition) is 5. The summed E-state index contributed by atoms with van der Waals surface area (Å²) in [6.07, 6.45) is 1.69. The van der Waals surface area contributed by atoms with Crippen molar-refractivity contribution in [2.75, 3.05) is 0 Å². The van der Waals surface area contributed by atoms with E-state index in [4.69, 9.17) is 0 Å². The second kappa shape index (κ2) is 6.57. The Morgan fingerprint density at radius 1 is 1.00 bits per heavy atom. The maximum absolute atomic E-state index is 12.4. The number of benzene rings is 1. The fraction of sp³-hybridized carbons (Fsp3) is 0.333. The largest absolute Gasteiger partial charge is 0.241 e. The summed E-state index contributed by atoms with van der Waals surface area (Å²) in [7, 11) is -7.30. The number of sulfonamides is 2. The molecule has 1 aromatic carbocycles. The first-order valence-corrected chi connectivity index (χ1v) is 11.3. The SMILES string of the molecule is C[C@@H](NS(=O)(=O)c1ccc(S(=O)(=O)NC2CC2)cc1)c1cccs1. The van der Waals surface area contributed by atoms with Gasteiger partial charge in [-0.15, -0.1) is 11.3 Å². The quantitative estimate of drug-likeness (QED) is 0.763. The zero-order valence-corrected chi connectivity index (χ0v) is 15.4. The molecule has 0 saturated heterocycles. The van der Waals surface area contributed by atoms with Gasteiger partial charge in [0.2, 0.25) is 20.0 Å². The smallest absolute Gasteiger partial charge is 0.208 e. The van der Waals surface area contributed by atoms with Crippen molar-refractivity contribution in [1.29, 1.82) is 0 Å². The van der Waals surface area contributed by atoms with Crippen LogP contribution in [0.1, 0.15) is 30.7 Å². The lowest BCUT2D eigenvalue weighted by Crippen LogP contribution is -2.27. The van der Waals surface area contributed by atoms with E-state index in [1.165, 1.54) is 35.6 Å². The second-order valence-electron chi connectivity index (χ2n) is 5.73. The van der Waals surface area contributed by atoms with Gasteiger partial charge in [-0.05, 0) is 55.5 Å². The molecule has 1 atom stereocenters. The van der Waals surface area contributed by atoms with Gasteiger partial charge in [-0.25, -0.2) is 26.3 Å². The molecule has 0 amide bonds. The molecule has 24 heavy (non-hydrogen) atoms. The summed E-state index contributed by atoms with van der Waals surface area (Å²) in [5.41, 5.74) is 0. The van der Waals surface area contributed by atoms with E-state index in [1.807, 2.05) is 17.5 Å². The van der Waals surface area contributed by atoms with E-state index in [-0.39, 0.29) is 21.9 Å². The summed E-state index contributed by atoms with van der Waals surface area (Å²) < 4.78 is 54.2. The van der Waals surface area contributed by atoms with Gasteiger partial charge in [0.25, 0.3) is 0 Å². The summed E-state index contributed by atoms with van der Waals surface area (Å²) in [5, 5.41) is 1.88. The molecule has 1 aromatic heterocycles. The Hall–Kier alpha value is -1.26. The van der Waals surface area contributed by atoms with Crippen molar-refractivity contribution >= 4 is 31.4 Å². The Morgan fingerprint density at radius 3 is 2.08 bits per heavy atom. The van der Waals surface area contributed by atoms with Crippen LogP contribution in [0.25, 0.3) is 0 Å². The third kappa shape index (κ3) is 4.04. The molecule has 2 aromatic rings. The molecule has 2 N–H and O–H groups in total. The molecule has 6 nitrogen and oxygen atoms in total. The first-order valence-electron chi connectivity index (χ1n) is 7.46. The number of nitrogens with one attached hydrogen (secondary N) is 2. The van der Waals surface area contributed by atoms with Gasteiger partial charge < -0.3 is 0 Å². The molecule has 0 radical (unpaired) electrons. The van der Waals surface area contributed by atoms with Gasteiger partial charge in [-0.3, -0.25) is 0 Å². The van der Waals surface area contributed by atoms with E-state index < -0.39 is 20.0 Å². The van der Waals surface area contributed by atoms with E-state index in [0.29, 0.717) is 0 Å². The number of rotatable bonds is 7. The standard InChI is InChI=1S/C15H18N2O4S3/c1-11(15-3-2-10-22-15)16-23(18,19)13-6-8-14(9-7-13)24(20,21)17-12-4-5-12/h2-3,6-12,16-17H,4-5H2,1H3/t11-/m1/s1. The van der Waals surface area contributed by atoms with E-state index >= 15 is 0 Å². The van der Waals surface area contributed by atoms with Crippen LogP contribution in [0.3, 0.4) is 0 Å². The molecule has 0 bridgehead atoms. The number of thiophene rings is 1. The van der Waals surface area contributed by atoms with Crippen LogP contribution in [0.4, 0.5) is 0 Å². The maximum Gasteiger partial charge on any atom is 0.241 e. The van der Waals surface area contributed by atoms with E-state index in [9.17, 15) is 16.8 Å². The predicted molar refractivity (Wildman–Crippen MR) is 92.8 cm³/mol. The van der Waals surface area contributed by atoms with Gasteiger partial charge in [-0.1, -0.05) is 6.07 Å².